The molecule has 1 N–H and O–H groups in total. The van der Waals surface area contributed by atoms with Gasteiger partial charge in [0.1, 0.15) is 5.82 Å². The number of hydrogen-bond acceptors (Lipinski definition) is 6. The first kappa shape index (κ1) is 19.1. The first-order valence-electron chi connectivity index (χ1n) is 9.31. The van der Waals surface area contributed by atoms with E-state index in [1.165, 1.54) is 6.92 Å². The van der Waals surface area contributed by atoms with Crippen molar-refractivity contribution in [2.45, 2.75) is 13.5 Å². The number of benzene rings is 1. The standard InChI is InChI=1S/C22H19N7O/c1-15(30)27-21-8-5-17(10-25-21)20-11-26-22-12-24-18(14-29(20)22)13-28(2)19-6-3-16(9-23)4-7-19/h3-8,10-12,14H,13H2,1-2H3,(H,25,27,30). The summed E-state index contributed by atoms with van der Waals surface area (Å²) in [5, 5.41) is 11.6. The fraction of sp³-hybridized carbons (Fsp3) is 0.136. The Labute approximate surface area is 173 Å². The third kappa shape index (κ3) is 3.95. The van der Waals surface area contributed by atoms with Crippen LogP contribution in [0, 0.1) is 11.3 Å². The highest BCUT2D eigenvalue weighted by atomic mass is 16.1. The van der Waals surface area contributed by atoms with Crippen LogP contribution in [0.1, 0.15) is 18.2 Å². The molecule has 0 saturated heterocycles. The maximum atomic E-state index is 11.2. The zero-order chi connectivity index (χ0) is 21.1. The molecular weight excluding hydrogens is 378 g/mol. The highest BCUT2D eigenvalue weighted by Gasteiger charge is 2.10. The molecule has 3 heterocycles. The molecule has 0 aliphatic carbocycles. The monoisotopic (exact) mass is 397 g/mol. The Hall–Kier alpha value is -4.25. The first-order chi connectivity index (χ1) is 14.5. The summed E-state index contributed by atoms with van der Waals surface area (Å²) in [6.45, 7) is 2.04. The summed E-state index contributed by atoms with van der Waals surface area (Å²) in [6.07, 6.45) is 7.18. The van der Waals surface area contributed by atoms with Gasteiger partial charge in [-0.25, -0.2) is 9.97 Å². The molecule has 0 atom stereocenters. The zero-order valence-corrected chi connectivity index (χ0v) is 16.6. The SMILES string of the molecule is CC(=O)Nc1ccc(-c2cnc3cnc(CN(C)c4ccc(C#N)cc4)cn23)cn1. The Morgan fingerprint density at radius 1 is 1.10 bits per heavy atom. The van der Waals surface area contributed by atoms with Crippen molar-refractivity contribution in [2.24, 2.45) is 0 Å². The number of hydrogen-bond donors (Lipinski definition) is 1. The van der Waals surface area contributed by atoms with Gasteiger partial charge in [-0.1, -0.05) is 0 Å². The highest BCUT2D eigenvalue weighted by Crippen LogP contribution is 2.22. The Morgan fingerprint density at radius 3 is 2.57 bits per heavy atom. The van der Waals surface area contributed by atoms with Gasteiger partial charge in [0.15, 0.2) is 5.65 Å². The molecule has 148 valence electrons. The van der Waals surface area contributed by atoms with E-state index in [1.54, 1.807) is 36.8 Å². The number of nitriles is 1. The van der Waals surface area contributed by atoms with E-state index in [0.29, 0.717) is 17.9 Å². The Bertz CT molecular complexity index is 1240. The van der Waals surface area contributed by atoms with E-state index in [2.05, 4.69) is 31.2 Å². The molecule has 0 bridgehead atoms. The van der Waals surface area contributed by atoms with Crippen molar-refractivity contribution in [3.63, 3.8) is 0 Å². The van der Waals surface area contributed by atoms with E-state index in [0.717, 1.165) is 28.3 Å². The molecule has 0 fully saturated rings. The number of nitrogens with zero attached hydrogens (tertiary/aromatic N) is 6. The van der Waals surface area contributed by atoms with Gasteiger partial charge in [0, 0.05) is 37.6 Å². The summed E-state index contributed by atoms with van der Waals surface area (Å²) < 4.78 is 1.98. The second-order valence-corrected chi connectivity index (χ2v) is 6.88. The molecule has 8 heteroatoms. The predicted octanol–water partition coefficient (Wildman–Crippen LogP) is 3.26. The van der Waals surface area contributed by atoms with Crippen LogP contribution in [-0.2, 0) is 11.3 Å². The van der Waals surface area contributed by atoms with Gasteiger partial charge in [-0.2, -0.15) is 5.26 Å². The van der Waals surface area contributed by atoms with Gasteiger partial charge in [-0.05, 0) is 36.4 Å². The molecule has 1 aromatic carbocycles. The topological polar surface area (TPSA) is 99.2 Å². The van der Waals surface area contributed by atoms with Crippen molar-refractivity contribution in [3.05, 3.63) is 72.4 Å². The van der Waals surface area contributed by atoms with Crippen LogP contribution in [0.5, 0.6) is 0 Å². The van der Waals surface area contributed by atoms with E-state index < -0.39 is 0 Å². The number of aromatic nitrogens is 4. The number of carbonyl (C=O) groups excluding carboxylic acids is 1. The lowest BCUT2D eigenvalue weighted by Gasteiger charge is -2.19. The van der Waals surface area contributed by atoms with Gasteiger partial charge in [-0.15, -0.1) is 0 Å². The predicted molar refractivity (Wildman–Crippen MR) is 114 cm³/mol. The number of rotatable bonds is 5. The normalized spacial score (nSPS) is 10.6. The van der Waals surface area contributed by atoms with E-state index in [9.17, 15) is 4.79 Å². The summed E-state index contributed by atoms with van der Waals surface area (Å²) in [5.74, 6) is 0.346. The molecule has 30 heavy (non-hydrogen) atoms. The molecule has 1 amide bonds. The minimum absolute atomic E-state index is 0.160. The molecule has 0 spiro atoms. The van der Waals surface area contributed by atoms with Crippen molar-refractivity contribution >= 4 is 23.1 Å². The van der Waals surface area contributed by atoms with Crippen LogP contribution in [0.25, 0.3) is 16.9 Å². The Morgan fingerprint density at radius 2 is 1.90 bits per heavy atom. The number of pyridine rings is 1. The zero-order valence-electron chi connectivity index (χ0n) is 16.6. The number of amides is 1. The smallest absolute Gasteiger partial charge is 0.222 e. The Balaban J connectivity index is 1.59. The number of nitrogens with one attached hydrogen (secondary N) is 1. The minimum atomic E-state index is -0.160. The van der Waals surface area contributed by atoms with Gasteiger partial charge in [-0.3, -0.25) is 14.2 Å². The molecule has 0 unspecified atom stereocenters. The fourth-order valence-corrected chi connectivity index (χ4v) is 3.15. The van der Waals surface area contributed by atoms with Crippen LogP contribution in [0.15, 0.2) is 61.2 Å². The van der Waals surface area contributed by atoms with Gasteiger partial charge in [0.2, 0.25) is 5.91 Å². The maximum absolute atomic E-state index is 11.2. The average Bonchev–Trinajstić information content (AvgIpc) is 3.17. The second-order valence-electron chi connectivity index (χ2n) is 6.88. The number of imidazole rings is 1. The summed E-state index contributed by atoms with van der Waals surface area (Å²) in [5.41, 5.74) is 5.01. The van der Waals surface area contributed by atoms with Crippen molar-refractivity contribution in [1.29, 1.82) is 5.26 Å². The lowest BCUT2D eigenvalue weighted by Crippen LogP contribution is -2.17. The molecular formula is C22H19N7O. The maximum Gasteiger partial charge on any atom is 0.222 e. The molecule has 0 radical (unpaired) electrons. The third-order valence-electron chi connectivity index (χ3n) is 4.65. The molecule has 8 nitrogen and oxygen atoms in total. The van der Waals surface area contributed by atoms with E-state index in [4.69, 9.17) is 5.26 Å². The van der Waals surface area contributed by atoms with Gasteiger partial charge >= 0.3 is 0 Å². The summed E-state index contributed by atoms with van der Waals surface area (Å²) in [4.78, 5) is 26.5. The van der Waals surface area contributed by atoms with E-state index in [-0.39, 0.29) is 5.91 Å². The highest BCUT2D eigenvalue weighted by molar-refractivity contribution is 5.87. The summed E-state index contributed by atoms with van der Waals surface area (Å²) in [6, 6.07) is 13.2. The molecule has 4 aromatic rings. The first-order valence-corrected chi connectivity index (χ1v) is 9.31. The van der Waals surface area contributed by atoms with Crippen molar-refractivity contribution in [3.8, 4) is 17.3 Å². The number of fused-ring (bicyclic) bond motifs is 1. The van der Waals surface area contributed by atoms with Crippen molar-refractivity contribution < 1.29 is 4.79 Å². The molecule has 4 rings (SSSR count). The van der Waals surface area contributed by atoms with Crippen molar-refractivity contribution in [1.82, 2.24) is 19.4 Å². The molecule has 0 aliphatic heterocycles. The lowest BCUT2D eigenvalue weighted by molar-refractivity contribution is -0.114. The lowest BCUT2D eigenvalue weighted by atomic mass is 10.2. The second kappa shape index (κ2) is 8.01. The summed E-state index contributed by atoms with van der Waals surface area (Å²) >= 11 is 0. The number of carbonyl (C=O) groups is 1. The van der Waals surface area contributed by atoms with Gasteiger partial charge < -0.3 is 10.2 Å². The largest absolute Gasteiger partial charge is 0.369 e. The molecule has 0 aliphatic rings. The van der Waals surface area contributed by atoms with E-state index >= 15 is 0 Å². The average molecular weight is 397 g/mol. The van der Waals surface area contributed by atoms with Crippen LogP contribution >= 0.6 is 0 Å². The summed E-state index contributed by atoms with van der Waals surface area (Å²) in [7, 11) is 1.98. The van der Waals surface area contributed by atoms with Gasteiger partial charge in [0.25, 0.3) is 0 Å². The van der Waals surface area contributed by atoms with Crippen molar-refractivity contribution in [2.75, 3.05) is 17.3 Å². The quantitative estimate of drug-likeness (QED) is 0.555. The Kier molecular flexibility index (Phi) is 5.09. The third-order valence-corrected chi connectivity index (χ3v) is 4.65. The van der Waals surface area contributed by atoms with Crippen LogP contribution in [0.4, 0.5) is 11.5 Å². The van der Waals surface area contributed by atoms with Gasteiger partial charge in [0.05, 0.1) is 42.0 Å². The molecule has 0 saturated carbocycles. The van der Waals surface area contributed by atoms with Crippen LogP contribution in [-0.4, -0.2) is 32.3 Å². The van der Waals surface area contributed by atoms with E-state index in [1.807, 2.05) is 35.8 Å². The fourth-order valence-electron chi connectivity index (χ4n) is 3.15. The minimum Gasteiger partial charge on any atom is -0.369 e. The van der Waals surface area contributed by atoms with Crippen LogP contribution in [0.3, 0.4) is 0 Å². The van der Waals surface area contributed by atoms with Crippen LogP contribution in [0.2, 0.25) is 0 Å². The van der Waals surface area contributed by atoms with Crippen LogP contribution < -0.4 is 10.2 Å². The number of anilines is 2. The molecule has 3 aromatic heterocycles.